The number of hydrogen-bond donors (Lipinski definition) is 1. The van der Waals surface area contributed by atoms with Gasteiger partial charge >= 0.3 is 6.18 Å². The Balaban J connectivity index is 2.31. The van der Waals surface area contributed by atoms with Crippen molar-refractivity contribution in [1.29, 1.82) is 0 Å². The molecule has 1 atom stereocenters. The Bertz CT molecular complexity index is 604. The van der Waals surface area contributed by atoms with Gasteiger partial charge in [0.1, 0.15) is 17.7 Å². The van der Waals surface area contributed by atoms with E-state index >= 15 is 0 Å². The predicted molar refractivity (Wildman–Crippen MR) is 61.9 cm³/mol. The average molecular weight is 288 g/mol. The van der Waals surface area contributed by atoms with Crippen LogP contribution in [0.15, 0.2) is 42.5 Å². The molecule has 2 rings (SSSR count). The quantitative estimate of drug-likeness (QED) is 0.826. The number of benzene rings is 2. The zero-order valence-corrected chi connectivity index (χ0v) is 9.96. The monoisotopic (exact) mass is 288 g/mol. The smallest absolute Gasteiger partial charge is 0.384 e. The summed E-state index contributed by atoms with van der Waals surface area (Å²) in [6, 6.07) is 6.30. The third kappa shape index (κ3) is 2.96. The van der Waals surface area contributed by atoms with E-state index in [2.05, 4.69) is 0 Å². The van der Waals surface area contributed by atoms with Crippen LogP contribution in [0.3, 0.4) is 0 Å². The molecule has 0 aromatic heterocycles. The molecule has 2 aromatic carbocycles. The summed E-state index contributed by atoms with van der Waals surface area (Å²) in [5, 5.41) is 9.91. The van der Waals surface area contributed by atoms with Gasteiger partial charge in [0.05, 0.1) is 5.56 Å². The lowest BCUT2D eigenvalue weighted by Gasteiger charge is -2.14. The van der Waals surface area contributed by atoms with E-state index in [0.29, 0.717) is 6.07 Å². The van der Waals surface area contributed by atoms with Crippen LogP contribution >= 0.6 is 0 Å². The van der Waals surface area contributed by atoms with Gasteiger partial charge in [-0.25, -0.2) is 8.78 Å². The van der Waals surface area contributed by atoms with E-state index in [0.717, 1.165) is 36.4 Å². The van der Waals surface area contributed by atoms with Crippen molar-refractivity contribution < 1.29 is 27.1 Å². The third-order valence-corrected chi connectivity index (χ3v) is 2.81. The molecule has 0 saturated heterocycles. The predicted octanol–water partition coefficient (Wildman–Crippen LogP) is 4.07. The van der Waals surface area contributed by atoms with Crippen molar-refractivity contribution in [2.45, 2.75) is 12.3 Å². The molecule has 20 heavy (non-hydrogen) atoms. The summed E-state index contributed by atoms with van der Waals surface area (Å²) < 4.78 is 63.4. The Morgan fingerprint density at radius 1 is 0.900 bits per heavy atom. The maximum absolute atomic E-state index is 13.5. The summed E-state index contributed by atoms with van der Waals surface area (Å²) in [6.45, 7) is 0. The van der Waals surface area contributed by atoms with Crippen LogP contribution in [0.2, 0.25) is 0 Å². The van der Waals surface area contributed by atoms with Crippen LogP contribution in [-0.4, -0.2) is 5.11 Å². The van der Waals surface area contributed by atoms with Crippen LogP contribution in [-0.2, 0) is 6.18 Å². The summed E-state index contributed by atoms with van der Waals surface area (Å²) >= 11 is 0. The van der Waals surface area contributed by atoms with Crippen LogP contribution in [0.1, 0.15) is 22.8 Å². The van der Waals surface area contributed by atoms with Crippen molar-refractivity contribution in [1.82, 2.24) is 0 Å². The van der Waals surface area contributed by atoms with Gasteiger partial charge in [-0.15, -0.1) is 0 Å². The normalized spacial score (nSPS) is 13.3. The minimum Gasteiger partial charge on any atom is -0.384 e. The molecular weight excluding hydrogens is 279 g/mol. The average Bonchev–Trinajstić information content (AvgIpc) is 2.37. The minimum absolute atomic E-state index is 0.0866. The second-order valence-electron chi connectivity index (χ2n) is 4.19. The van der Waals surface area contributed by atoms with Gasteiger partial charge in [0, 0.05) is 11.6 Å². The van der Waals surface area contributed by atoms with Crippen molar-refractivity contribution in [2.75, 3.05) is 0 Å². The SMILES string of the molecule is OC(c1ccc(C(F)(F)F)cc1)c1ccc(F)cc1F. The molecule has 1 N–H and O–H groups in total. The first kappa shape index (κ1) is 14.5. The fourth-order valence-corrected chi connectivity index (χ4v) is 1.76. The molecule has 106 valence electrons. The summed E-state index contributed by atoms with van der Waals surface area (Å²) in [4.78, 5) is 0. The van der Waals surface area contributed by atoms with Crippen LogP contribution in [0, 0.1) is 11.6 Å². The van der Waals surface area contributed by atoms with Gasteiger partial charge in [-0.2, -0.15) is 13.2 Å². The number of hydrogen-bond acceptors (Lipinski definition) is 1. The molecule has 0 fully saturated rings. The fraction of sp³-hybridized carbons (Fsp3) is 0.143. The zero-order valence-electron chi connectivity index (χ0n) is 9.96. The number of aliphatic hydroxyl groups excluding tert-OH is 1. The van der Waals surface area contributed by atoms with E-state index in [1.54, 1.807) is 0 Å². The molecule has 0 heterocycles. The fourth-order valence-electron chi connectivity index (χ4n) is 1.76. The van der Waals surface area contributed by atoms with Crippen LogP contribution in [0.25, 0.3) is 0 Å². The minimum atomic E-state index is -4.48. The second kappa shape index (κ2) is 5.20. The van der Waals surface area contributed by atoms with Crippen LogP contribution in [0.4, 0.5) is 22.0 Å². The largest absolute Gasteiger partial charge is 0.416 e. The second-order valence-corrected chi connectivity index (χ2v) is 4.19. The molecule has 0 aliphatic rings. The first-order valence-corrected chi connectivity index (χ1v) is 5.59. The highest BCUT2D eigenvalue weighted by Gasteiger charge is 2.30. The van der Waals surface area contributed by atoms with Crippen LogP contribution in [0.5, 0.6) is 0 Å². The molecule has 0 aliphatic heterocycles. The Labute approximate surface area is 111 Å². The maximum Gasteiger partial charge on any atom is 0.416 e. The van der Waals surface area contributed by atoms with E-state index in [-0.39, 0.29) is 11.1 Å². The third-order valence-electron chi connectivity index (χ3n) is 2.81. The van der Waals surface area contributed by atoms with E-state index < -0.39 is 29.5 Å². The van der Waals surface area contributed by atoms with Gasteiger partial charge in [-0.1, -0.05) is 18.2 Å². The lowest BCUT2D eigenvalue weighted by Crippen LogP contribution is -2.07. The van der Waals surface area contributed by atoms with Gasteiger partial charge in [0.2, 0.25) is 0 Å². The molecule has 0 spiro atoms. The van der Waals surface area contributed by atoms with Crippen molar-refractivity contribution in [2.24, 2.45) is 0 Å². The Hall–Kier alpha value is -1.95. The maximum atomic E-state index is 13.5. The first-order chi connectivity index (χ1) is 9.29. The van der Waals surface area contributed by atoms with Crippen molar-refractivity contribution in [3.8, 4) is 0 Å². The topological polar surface area (TPSA) is 20.2 Å². The van der Waals surface area contributed by atoms with E-state index in [4.69, 9.17) is 0 Å². The van der Waals surface area contributed by atoms with Gasteiger partial charge in [0.25, 0.3) is 0 Å². The molecule has 0 saturated carbocycles. The summed E-state index contributed by atoms with van der Waals surface area (Å²) in [5.41, 5.74) is -0.984. The van der Waals surface area contributed by atoms with Gasteiger partial charge in [-0.05, 0) is 23.8 Å². The number of alkyl halides is 3. The Morgan fingerprint density at radius 2 is 1.50 bits per heavy atom. The summed E-state index contributed by atoms with van der Waals surface area (Å²) in [6.07, 6.45) is -5.94. The van der Waals surface area contributed by atoms with Gasteiger partial charge in [0.15, 0.2) is 0 Å². The molecule has 1 nitrogen and oxygen atoms in total. The van der Waals surface area contributed by atoms with Crippen molar-refractivity contribution in [3.05, 3.63) is 70.8 Å². The van der Waals surface area contributed by atoms with E-state index in [9.17, 15) is 27.1 Å². The van der Waals surface area contributed by atoms with Crippen molar-refractivity contribution in [3.63, 3.8) is 0 Å². The molecular formula is C14H9F5O. The van der Waals surface area contributed by atoms with E-state index in [1.807, 2.05) is 0 Å². The van der Waals surface area contributed by atoms with Crippen molar-refractivity contribution >= 4 is 0 Å². The summed E-state index contributed by atoms with van der Waals surface area (Å²) in [5.74, 6) is -1.76. The van der Waals surface area contributed by atoms with Gasteiger partial charge < -0.3 is 5.11 Å². The lowest BCUT2D eigenvalue weighted by molar-refractivity contribution is -0.137. The first-order valence-electron chi connectivity index (χ1n) is 5.59. The Kier molecular flexibility index (Phi) is 3.76. The number of halogens is 5. The highest BCUT2D eigenvalue weighted by atomic mass is 19.4. The number of aliphatic hydroxyl groups is 1. The lowest BCUT2D eigenvalue weighted by atomic mass is 10.00. The standard InChI is InChI=1S/C14H9F5O/c15-10-5-6-11(12(16)7-10)13(20)8-1-3-9(4-2-8)14(17,18)19/h1-7,13,20H. The van der Waals surface area contributed by atoms with Gasteiger partial charge in [-0.3, -0.25) is 0 Å². The Morgan fingerprint density at radius 3 is 2.00 bits per heavy atom. The number of rotatable bonds is 2. The molecule has 0 radical (unpaired) electrons. The highest BCUT2D eigenvalue weighted by Crippen LogP contribution is 2.31. The molecule has 0 aliphatic carbocycles. The molecule has 2 aromatic rings. The molecule has 0 bridgehead atoms. The summed E-state index contributed by atoms with van der Waals surface area (Å²) in [7, 11) is 0. The zero-order chi connectivity index (χ0) is 14.9. The highest BCUT2D eigenvalue weighted by molar-refractivity contribution is 5.33. The van der Waals surface area contributed by atoms with E-state index in [1.165, 1.54) is 0 Å². The molecule has 0 amide bonds. The molecule has 6 heteroatoms. The van der Waals surface area contributed by atoms with Crippen LogP contribution < -0.4 is 0 Å². The molecule has 1 unspecified atom stereocenters.